The molecule has 0 spiro atoms. The molecule has 2 N–H and O–H groups in total. The molecular formula is C22H29NO. The molecule has 0 bridgehead atoms. The van der Waals surface area contributed by atoms with Crippen molar-refractivity contribution in [2.45, 2.75) is 56.9 Å². The second kappa shape index (κ2) is 8.89. The molecule has 0 saturated heterocycles. The van der Waals surface area contributed by atoms with Crippen LogP contribution in [0.2, 0.25) is 0 Å². The predicted molar refractivity (Wildman–Crippen MR) is 100 cm³/mol. The number of rotatable bonds is 7. The van der Waals surface area contributed by atoms with E-state index in [0.717, 1.165) is 6.54 Å². The number of phenolic OH excluding ortho intramolecular Hbond substituents is 1. The van der Waals surface area contributed by atoms with Gasteiger partial charge in [0.2, 0.25) is 0 Å². The molecule has 3 rings (SSSR count). The minimum atomic E-state index is 0.365. The first kappa shape index (κ1) is 17.0. The molecule has 1 fully saturated rings. The zero-order valence-electron chi connectivity index (χ0n) is 14.5. The van der Waals surface area contributed by atoms with Crippen LogP contribution in [0.4, 0.5) is 0 Å². The highest BCUT2D eigenvalue weighted by molar-refractivity contribution is 5.28. The number of aryl methyl sites for hydroxylation is 1. The van der Waals surface area contributed by atoms with Gasteiger partial charge in [-0.2, -0.15) is 0 Å². The second-order valence-electron chi connectivity index (χ2n) is 7.04. The van der Waals surface area contributed by atoms with Gasteiger partial charge in [0.05, 0.1) is 0 Å². The van der Waals surface area contributed by atoms with Crippen LogP contribution in [0.15, 0.2) is 54.6 Å². The topological polar surface area (TPSA) is 32.3 Å². The molecule has 0 aromatic heterocycles. The Hall–Kier alpha value is -1.80. The first-order chi connectivity index (χ1) is 11.8. The van der Waals surface area contributed by atoms with Crippen molar-refractivity contribution in [1.29, 1.82) is 0 Å². The van der Waals surface area contributed by atoms with Crippen molar-refractivity contribution >= 4 is 0 Å². The Bertz CT molecular complexity index is 585. The summed E-state index contributed by atoms with van der Waals surface area (Å²) in [5, 5.41) is 13.1. The number of hydrogen-bond donors (Lipinski definition) is 2. The monoisotopic (exact) mass is 323 g/mol. The molecule has 2 nitrogen and oxygen atoms in total. The van der Waals surface area contributed by atoms with Gasteiger partial charge in [0.25, 0.3) is 0 Å². The number of nitrogens with one attached hydrogen (secondary N) is 1. The van der Waals surface area contributed by atoms with Gasteiger partial charge < -0.3 is 10.4 Å². The lowest BCUT2D eigenvalue weighted by Crippen LogP contribution is -2.33. The highest BCUT2D eigenvalue weighted by Crippen LogP contribution is 2.33. The molecule has 0 amide bonds. The minimum absolute atomic E-state index is 0.365. The van der Waals surface area contributed by atoms with Gasteiger partial charge in [-0.1, -0.05) is 42.5 Å². The van der Waals surface area contributed by atoms with Gasteiger partial charge in [0.1, 0.15) is 5.75 Å². The number of benzene rings is 2. The van der Waals surface area contributed by atoms with E-state index in [1.807, 2.05) is 12.1 Å². The largest absolute Gasteiger partial charge is 0.508 e. The van der Waals surface area contributed by atoms with Crippen LogP contribution in [0.1, 0.15) is 55.6 Å². The van der Waals surface area contributed by atoms with Crippen LogP contribution < -0.4 is 5.32 Å². The number of hydrogen-bond acceptors (Lipinski definition) is 2. The number of phenols is 1. The Morgan fingerprint density at radius 2 is 1.54 bits per heavy atom. The molecule has 1 saturated carbocycles. The Balaban J connectivity index is 1.30. The highest BCUT2D eigenvalue weighted by Gasteiger charge is 2.21. The minimum Gasteiger partial charge on any atom is -0.508 e. The molecule has 2 aromatic carbocycles. The van der Waals surface area contributed by atoms with E-state index in [1.54, 1.807) is 0 Å². The third kappa shape index (κ3) is 5.10. The molecule has 2 aromatic rings. The normalized spacial score (nSPS) is 20.8. The third-order valence-electron chi connectivity index (χ3n) is 5.26. The van der Waals surface area contributed by atoms with Crippen molar-refractivity contribution in [2.75, 3.05) is 6.54 Å². The van der Waals surface area contributed by atoms with Crippen molar-refractivity contribution in [1.82, 2.24) is 5.32 Å². The van der Waals surface area contributed by atoms with Gasteiger partial charge in [-0.25, -0.2) is 0 Å². The van der Waals surface area contributed by atoms with Crippen molar-refractivity contribution in [3.8, 4) is 5.75 Å². The highest BCUT2D eigenvalue weighted by atomic mass is 16.3. The van der Waals surface area contributed by atoms with Crippen LogP contribution in [-0.2, 0) is 6.42 Å². The fourth-order valence-corrected chi connectivity index (χ4v) is 3.78. The number of unbranched alkanes of at least 4 members (excludes halogenated alkanes) is 1. The van der Waals surface area contributed by atoms with E-state index < -0.39 is 0 Å². The summed E-state index contributed by atoms with van der Waals surface area (Å²) in [7, 11) is 0. The van der Waals surface area contributed by atoms with E-state index in [4.69, 9.17) is 0 Å². The molecule has 0 heterocycles. The molecular weight excluding hydrogens is 294 g/mol. The maximum Gasteiger partial charge on any atom is 0.115 e. The van der Waals surface area contributed by atoms with Crippen molar-refractivity contribution in [3.63, 3.8) is 0 Å². The average Bonchev–Trinajstić information content (AvgIpc) is 2.64. The van der Waals surface area contributed by atoms with Crippen molar-refractivity contribution in [3.05, 3.63) is 65.7 Å². The summed E-state index contributed by atoms with van der Waals surface area (Å²) in [4.78, 5) is 0. The molecule has 2 heteroatoms. The molecule has 24 heavy (non-hydrogen) atoms. The van der Waals surface area contributed by atoms with Crippen LogP contribution >= 0.6 is 0 Å². The molecule has 128 valence electrons. The predicted octanol–water partition coefficient (Wildman–Crippen LogP) is 5.03. The Morgan fingerprint density at radius 3 is 2.25 bits per heavy atom. The molecule has 1 aliphatic rings. The van der Waals surface area contributed by atoms with Gasteiger partial charge in [-0.3, -0.25) is 0 Å². The fraction of sp³-hybridized carbons (Fsp3) is 0.455. The van der Waals surface area contributed by atoms with Crippen molar-refractivity contribution in [2.24, 2.45) is 0 Å². The Labute approximate surface area is 145 Å². The zero-order chi connectivity index (χ0) is 16.6. The standard InChI is InChI=1S/C22H29NO/c24-22-15-11-20(12-16-22)19-9-13-21(14-10-19)23-17-5-4-8-18-6-2-1-3-7-18/h1-3,6-7,11-12,15-16,19,21,23-24H,4-5,8-10,13-14,17H2/t19-,21-. The van der Waals surface area contributed by atoms with Crippen LogP contribution in [0, 0.1) is 0 Å². The quantitative estimate of drug-likeness (QED) is 0.700. The van der Waals surface area contributed by atoms with Gasteiger partial charge in [0.15, 0.2) is 0 Å². The van der Waals surface area contributed by atoms with Crippen molar-refractivity contribution < 1.29 is 5.11 Å². The van der Waals surface area contributed by atoms with E-state index in [-0.39, 0.29) is 0 Å². The summed E-state index contributed by atoms with van der Waals surface area (Å²) in [6.07, 6.45) is 8.76. The third-order valence-corrected chi connectivity index (χ3v) is 5.26. The SMILES string of the molecule is Oc1ccc([C@H]2CC[C@H](NCCCCc3ccccc3)CC2)cc1. The average molecular weight is 323 g/mol. The van der Waals surface area contributed by atoms with Gasteiger partial charge in [-0.05, 0) is 80.7 Å². The lowest BCUT2D eigenvalue weighted by Gasteiger charge is -2.29. The molecule has 0 radical (unpaired) electrons. The Morgan fingerprint density at radius 1 is 0.833 bits per heavy atom. The molecule has 1 aliphatic carbocycles. The van der Waals surface area contributed by atoms with Gasteiger partial charge in [0, 0.05) is 6.04 Å². The van der Waals surface area contributed by atoms with E-state index >= 15 is 0 Å². The molecule has 0 aliphatic heterocycles. The van der Waals surface area contributed by atoms with E-state index in [9.17, 15) is 5.11 Å². The first-order valence-corrected chi connectivity index (χ1v) is 9.37. The summed E-state index contributed by atoms with van der Waals surface area (Å²) in [6.45, 7) is 1.14. The summed E-state index contributed by atoms with van der Waals surface area (Å²) in [6, 6.07) is 19.2. The zero-order valence-corrected chi connectivity index (χ0v) is 14.5. The second-order valence-corrected chi connectivity index (χ2v) is 7.04. The summed E-state index contributed by atoms with van der Waals surface area (Å²) in [5.41, 5.74) is 2.83. The summed E-state index contributed by atoms with van der Waals surface area (Å²) in [5.74, 6) is 1.03. The van der Waals surface area contributed by atoms with Crippen LogP contribution in [0.5, 0.6) is 5.75 Å². The van der Waals surface area contributed by atoms with Crippen LogP contribution in [0.25, 0.3) is 0 Å². The van der Waals surface area contributed by atoms with Gasteiger partial charge >= 0.3 is 0 Å². The smallest absolute Gasteiger partial charge is 0.115 e. The maximum absolute atomic E-state index is 9.40. The maximum atomic E-state index is 9.40. The van der Waals surface area contributed by atoms with E-state index in [1.165, 1.54) is 56.1 Å². The van der Waals surface area contributed by atoms with Crippen LogP contribution in [0.3, 0.4) is 0 Å². The van der Waals surface area contributed by atoms with E-state index in [0.29, 0.717) is 17.7 Å². The fourth-order valence-electron chi connectivity index (χ4n) is 3.78. The number of aromatic hydroxyl groups is 1. The molecule has 0 atom stereocenters. The lowest BCUT2D eigenvalue weighted by atomic mass is 9.82. The first-order valence-electron chi connectivity index (χ1n) is 9.37. The van der Waals surface area contributed by atoms with Crippen LogP contribution in [-0.4, -0.2) is 17.7 Å². The Kier molecular flexibility index (Phi) is 6.31. The van der Waals surface area contributed by atoms with E-state index in [2.05, 4.69) is 47.8 Å². The lowest BCUT2D eigenvalue weighted by molar-refractivity contribution is 0.341. The summed E-state index contributed by atoms with van der Waals surface area (Å²) < 4.78 is 0. The van der Waals surface area contributed by atoms with Gasteiger partial charge in [-0.15, -0.1) is 0 Å². The summed E-state index contributed by atoms with van der Waals surface area (Å²) >= 11 is 0. The molecule has 0 unspecified atom stereocenters.